The summed E-state index contributed by atoms with van der Waals surface area (Å²) in [7, 11) is 0. The molecule has 38 heavy (non-hydrogen) atoms. The summed E-state index contributed by atoms with van der Waals surface area (Å²) in [5.74, 6) is 1.77. The van der Waals surface area contributed by atoms with Crippen LogP contribution in [0.25, 0.3) is 11.5 Å². The second-order valence-corrected chi connectivity index (χ2v) is 10.8. The molecule has 0 amide bonds. The first-order chi connectivity index (χ1) is 18.2. The van der Waals surface area contributed by atoms with Crippen molar-refractivity contribution in [2.45, 2.75) is 66.8 Å². The molecule has 7 nitrogen and oxygen atoms in total. The van der Waals surface area contributed by atoms with Gasteiger partial charge in [0, 0.05) is 30.2 Å². The number of carbonyl (C=O) groups is 1. The number of nitrogens with zero attached hydrogens (tertiary/aromatic N) is 3. The molecule has 0 unspecified atom stereocenters. The minimum absolute atomic E-state index is 0.315. The predicted octanol–water partition coefficient (Wildman–Crippen LogP) is 6.65. The number of aromatic nitrogens is 2. The van der Waals surface area contributed by atoms with Gasteiger partial charge in [0.05, 0.1) is 18.8 Å². The van der Waals surface area contributed by atoms with Gasteiger partial charge >= 0.3 is 5.97 Å². The maximum atomic E-state index is 12.4. The third-order valence-electron chi connectivity index (χ3n) is 6.18. The quantitative estimate of drug-likeness (QED) is 0.200. The highest BCUT2D eigenvalue weighted by molar-refractivity contribution is 7.09. The Morgan fingerprint density at radius 2 is 1.76 bits per heavy atom. The number of thiazole rings is 1. The maximum Gasteiger partial charge on any atom is 0.349 e. The van der Waals surface area contributed by atoms with Crippen molar-refractivity contribution in [3.8, 4) is 17.2 Å². The number of hydrogen-bond acceptors (Lipinski definition) is 8. The Labute approximate surface area is 228 Å². The van der Waals surface area contributed by atoms with E-state index in [2.05, 4.69) is 22.0 Å². The number of hydrogen-bond donors (Lipinski definition) is 0. The molecule has 2 heterocycles. The number of oxazole rings is 1. The van der Waals surface area contributed by atoms with Crippen LogP contribution in [-0.2, 0) is 29.2 Å². The lowest BCUT2D eigenvalue weighted by molar-refractivity contribution is -0.158. The first kappa shape index (κ1) is 27.5. The fourth-order valence-corrected chi connectivity index (χ4v) is 4.99. The number of aryl methyl sites for hydroxylation is 3. The molecule has 2 aromatic heterocycles. The van der Waals surface area contributed by atoms with Crippen molar-refractivity contribution in [2.24, 2.45) is 0 Å². The van der Waals surface area contributed by atoms with E-state index in [0.717, 1.165) is 38.7 Å². The van der Waals surface area contributed by atoms with Crippen LogP contribution in [0.3, 0.4) is 0 Å². The SMILES string of the molecule is CCOC(=O)C(C)(C)Oc1c(C)cc(CN(Cc2nccs2)Cc2nc(-c3ccccc3)oc2C)cc1C. The Morgan fingerprint density at radius 3 is 2.39 bits per heavy atom. The second kappa shape index (κ2) is 11.9. The van der Waals surface area contributed by atoms with E-state index in [0.29, 0.717) is 37.9 Å². The first-order valence-electron chi connectivity index (χ1n) is 12.7. The largest absolute Gasteiger partial charge is 0.476 e. The van der Waals surface area contributed by atoms with Gasteiger partial charge in [-0.2, -0.15) is 0 Å². The van der Waals surface area contributed by atoms with Crippen LogP contribution in [0.4, 0.5) is 0 Å². The fraction of sp³-hybridized carbons (Fsp3) is 0.367. The average molecular weight is 534 g/mol. The molecule has 2 aromatic carbocycles. The topological polar surface area (TPSA) is 77.7 Å². The molecule has 0 fully saturated rings. The number of esters is 1. The van der Waals surface area contributed by atoms with Crippen LogP contribution < -0.4 is 4.74 Å². The summed E-state index contributed by atoms with van der Waals surface area (Å²) in [6.07, 6.45) is 1.83. The third kappa shape index (κ3) is 6.68. The molecule has 0 N–H and O–H groups in total. The highest BCUT2D eigenvalue weighted by Crippen LogP contribution is 2.30. The predicted molar refractivity (Wildman–Crippen MR) is 149 cm³/mol. The first-order valence-corrected chi connectivity index (χ1v) is 13.6. The lowest BCUT2D eigenvalue weighted by atomic mass is 10.0. The van der Waals surface area contributed by atoms with Gasteiger partial charge in [0.25, 0.3) is 0 Å². The van der Waals surface area contributed by atoms with Crippen molar-refractivity contribution >= 4 is 17.3 Å². The van der Waals surface area contributed by atoms with Crippen LogP contribution in [0.2, 0.25) is 0 Å². The molecule has 0 atom stereocenters. The van der Waals surface area contributed by atoms with Gasteiger partial charge in [-0.15, -0.1) is 11.3 Å². The zero-order valence-corrected chi connectivity index (χ0v) is 23.7. The maximum absolute atomic E-state index is 12.4. The van der Waals surface area contributed by atoms with Crippen molar-refractivity contribution in [3.63, 3.8) is 0 Å². The van der Waals surface area contributed by atoms with E-state index in [4.69, 9.17) is 18.9 Å². The molecule has 0 saturated heterocycles. The average Bonchev–Trinajstić information content (AvgIpc) is 3.52. The summed E-state index contributed by atoms with van der Waals surface area (Å²) in [4.78, 5) is 24.0. The molecular weight excluding hydrogens is 498 g/mol. The number of carbonyl (C=O) groups excluding carboxylic acids is 1. The van der Waals surface area contributed by atoms with Gasteiger partial charge in [0.1, 0.15) is 16.5 Å². The molecule has 0 aliphatic rings. The summed E-state index contributed by atoms with van der Waals surface area (Å²) in [6.45, 7) is 13.5. The molecule has 8 heteroatoms. The lowest BCUT2D eigenvalue weighted by Crippen LogP contribution is -2.40. The van der Waals surface area contributed by atoms with Gasteiger partial charge in [-0.25, -0.2) is 14.8 Å². The highest BCUT2D eigenvalue weighted by atomic mass is 32.1. The molecule has 0 bridgehead atoms. The Balaban J connectivity index is 1.57. The third-order valence-corrected chi connectivity index (χ3v) is 6.94. The van der Waals surface area contributed by atoms with Crippen LogP contribution in [0.5, 0.6) is 5.75 Å². The summed E-state index contributed by atoms with van der Waals surface area (Å²) < 4.78 is 17.4. The van der Waals surface area contributed by atoms with Gasteiger partial charge in [-0.05, 0) is 70.4 Å². The van der Waals surface area contributed by atoms with Crippen LogP contribution >= 0.6 is 11.3 Å². The van der Waals surface area contributed by atoms with Crippen LogP contribution in [0.15, 0.2) is 58.5 Å². The van der Waals surface area contributed by atoms with Gasteiger partial charge in [0.2, 0.25) is 5.89 Å². The van der Waals surface area contributed by atoms with Crippen LogP contribution in [-0.4, -0.2) is 33.0 Å². The van der Waals surface area contributed by atoms with Gasteiger partial charge in [-0.3, -0.25) is 4.90 Å². The van der Waals surface area contributed by atoms with Gasteiger partial charge < -0.3 is 13.9 Å². The molecular formula is C30H35N3O4S. The Bertz CT molecular complexity index is 1340. The van der Waals surface area contributed by atoms with Crippen LogP contribution in [0, 0.1) is 20.8 Å². The zero-order valence-electron chi connectivity index (χ0n) is 22.9. The molecule has 0 aliphatic heterocycles. The summed E-state index contributed by atoms with van der Waals surface area (Å²) in [5.41, 5.74) is 3.87. The van der Waals surface area contributed by atoms with Gasteiger partial charge in [-0.1, -0.05) is 30.3 Å². The van der Waals surface area contributed by atoms with Crippen molar-refractivity contribution in [3.05, 3.63) is 87.2 Å². The van der Waals surface area contributed by atoms with E-state index in [9.17, 15) is 4.79 Å². The number of benzene rings is 2. The van der Waals surface area contributed by atoms with E-state index >= 15 is 0 Å². The minimum atomic E-state index is -1.08. The summed E-state index contributed by atoms with van der Waals surface area (Å²) in [6, 6.07) is 14.2. The van der Waals surface area contributed by atoms with Crippen molar-refractivity contribution < 1.29 is 18.7 Å². The number of rotatable bonds is 11. The Morgan fingerprint density at radius 1 is 1.05 bits per heavy atom. The van der Waals surface area contributed by atoms with E-state index in [-0.39, 0.29) is 5.97 Å². The number of ether oxygens (including phenoxy) is 2. The Hall–Kier alpha value is -3.49. The van der Waals surface area contributed by atoms with Crippen molar-refractivity contribution in [1.29, 1.82) is 0 Å². The van der Waals surface area contributed by atoms with E-state index in [1.807, 2.05) is 62.7 Å². The Kier molecular flexibility index (Phi) is 8.64. The smallest absolute Gasteiger partial charge is 0.349 e. The van der Waals surface area contributed by atoms with E-state index in [1.165, 1.54) is 0 Å². The monoisotopic (exact) mass is 533 g/mol. The molecule has 0 radical (unpaired) electrons. The normalized spacial score (nSPS) is 11.7. The van der Waals surface area contributed by atoms with E-state index < -0.39 is 5.60 Å². The molecule has 0 spiro atoms. The molecule has 4 aromatic rings. The van der Waals surface area contributed by atoms with Crippen molar-refractivity contribution in [2.75, 3.05) is 6.61 Å². The molecule has 200 valence electrons. The summed E-state index contributed by atoms with van der Waals surface area (Å²) >= 11 is 1.64. The second-order valence-electron chi connectivity index (χ2n) is 9.85. The fourth-order valence-electron chi connectivity index (χ4n) is 4.33. The minimum Gasteiger partial charge on any atom is -0.476 e. The molecule has 4 rings (SSSR count). The summed E-state index contributed by atoms with van der Waals surface area (Å²) in [5, 5.41) is 3.03. The zero-order chi connectivity index (χ0) is 27.3. The molecule has 0 aliphatic carbocycles. The lowest BCUT2D eigenvalue weighted by Gasteiger charge is -2.27. The van der Waals surface area contributed by atoms with Crippen LogP contribution in [0.1, 0.15) is 53.9 Å². The molecule has 0 saturated carbocycles. The van der Waals surface area contributed by atoms with Crippen molar-refractivity contribution in [1.82, 2.24) is 14.9 Å². The standard InChI is InChI=1S/C30H35N3O4S/c1-7-35-29(34)30(5,6)37-27-20(2)15-23(16-21(27)3)17-33(19-26-31-13-14-38-26)18-25-22(4)36-28(32-25)24-11-9-8-10-12-24/h8-16H,7,17-19H2,1-6H3. The van der Waals surface area contributed by atoms with E-state index in [1.54, 1.807) is 32.1 Å². The van der Waals surface area contributed by atoms with Gasteiger partial charge in [0.15, 0.2) is 5.60 Å². The highest BCUT2D eigenvalue weighted by Gasteiger charge is 2.32.